The van der Waals surface area contributed by atoms with Crippen LogP contribution in [-0.2, 0) is 18.4 Å². The van der Waals surface area contributed by atoms with E-state index in [0.717, 1.165) is 58.2 Å². The molecule has 0 atom stereocenters. The summed E-state index contributed by atoms with van der Waals surface area (Å²) in [5.41, 5.74) is 6.47. The first-order valence-corrected chi connectivity index (χ1v) is 12.6. The molecule has 176 valence electrons. The van der Waals surface area contributed by atoms with Gasteiger partial charge in [-0.2, -0.15) is 0 Å². The van der Waals surface area contributed by atoms with Crippen molar-refractivity contribution in [2.24, 2.45) is 0 Å². The SMILES string of the molecule is C=C(NCc1c(C)cccc1Cl)C1(CCCc2ccccc2)c2ccccc2Oc2ccccc21. The van der Waals surface area contributed by atoms with E-state index in [-0.39, 0.29) is 0 Å². The van der Waals surface area contributed by atoms with Crippen LogP contribution in [0.3, 0.4) is 0 Å². The second-order valence-corrected chi connectivity index (χ2v) is 9.61. The molecule has 0 saturated heterocycles. The maximum atomic E-state index is 6.56. The summed E-state index contributed by atoms with van der Waals surface area (Å²) in [6.45, 7) is 7.36. The molecule has 0 spiro atoms. The van der Waals surface area contributed by atoms with Crippen molar-refractivity contribution in [1.82, 2.24) is 5.32 Å². The first kappa shape index (κ1) is 23.3. The van der Waals surface area contributed by atoms with Crippen molar-refractivity contribution in [3.63, 3.8) is 0 Å². The number of para-hydroxylation sites is 2. The summed E-state index contributed by atoms with van der Waals surface area (Å²) >= 11 is 6.56. The molecular formula is C32H30ClNO. The Labute approximate surface area is 213 Å². The monoisotopic (exact) mass is 479 g/mol. The highest BCUT2D eigenvalue weighted by molar-refractivity contribution is 6.31. The third kappa shape index (κ3) is 4.47. The lowest BCUT2D eigenvalue weighted by Gasteiger charge is -2.42. The smallest absolute Gasteiger partial charge is 0.131 e. The van der Waals surface area contributed by atoms with Crippen LogP contribution in [0.25, 0.3) is 0 Å². The molecular weight excluding hydrogens is 450 g/mol. The summed E-state index contributed by atoms with van der Waals surface area (Å²) in [7, 11) is 0. The van der Waals surface area contributed by atoms with Crippen molar-refractivity contribution in [1.29, 1.82) is 0 Å². The van der Waals surface area contributed by atoms with E-state index in [4.69, 9.17) is 16.3 Å². The van der Waals surface area contributed by atoms with E-state index in [9.17, 15) is 0 Å². The van der Waals surface area contributed by atoms with Gasteiger partial charge >= 0.3 is 0 Å². The number of nitrogens with one attached hydrogen (secondary N) is 1. The standard InChI is InChI=1S/C32H30ClNO/c1-23-12-10-18-29(33)26(23)22-34-24(2)32(21-11-15-25-13-4-3-5-14-25)27-16-6-8-19-30(27)35-31-20-9-7-17-28(31)32/h3-10,12-14,16-20,34H,2,11,15,21-22H2,1H3. The lowest BCUT2D eigenvalue weighted by molar-refractivity contribution is 0.387. The van der Waals surface area contributed by atoms with Gasteiger partial charge in [-0.05, 0) is 61.1 Å². The first-order valence-electron chi connectivity index (χ1n) is 12.2. The Hall–Kier alpha value is -3.49. The molecule has 0 unspecified atom stereocenters. The summed E-state index contributed by atoms with van der Waals surface area (Å²) in [6, 6.07) is 33.4. The van der Waals surface area contributed by atoms with Crippen molar-refractivity contribution < 1.29 is 4.74 Å². The number of benzene rings is 4. The number of allylic oxidation sites excluding steroid dienone is 1. The zero-order chi connectivity index (χ0) is 24.3. The first-order chi connectivity index (χ1) is 17.1. The fraction of sp³-hybridized carbons (Fsp3) is 0.188. The minimum atomic E-state index is -0.421. The van der Waals surface area contributed by atoms with Gasteiger partial charge in [-0.3, -0.25) is 0 Å². The van der Waals surface area contributed by atoms with E-state index in [1.165, 1.54) is 11.1 Å². The van der Waals surface area contributed by atoms with Gasteiger partial charge in [0.05, 0.1) is 5.41 Å². The van der Waals surface area contributed by atoms with Gasteiger partial charge in [-0.25, -0.2) is 0 Å². The van der Waals surface area contributed by atoms with Crippen LogP contribution in [0.2, 0.25) is 5.02 Å². The molecule has 1 aliphatic rings. The highest BCUT2D eigenvalue weighted by atomic mass is 35.5. The van der Waals surface area contributed by atoms with Crippen LogP contribution in [0.5, 0.6) is 11.5 Å². The number of hydrogen-bond donors (Lipinski definition) is 1. The Morgan fingerprint density at radius 2 is 1.46 bits per heavy atom. The Morgan fingerprint density at radius 1 is 0.829 bits per heavy atom. The molecule has 0 amide bonds. The molecule has 1 aliphatic heterocycles. The van der Waals surface area contributed by atoms with Gasteiger partial charge in [0.2, 0.25) is 0 Å². The molecule has 4 aromatic carbocycles. The normalized spacial score (nSPS) is 13.3. The number of rotatable bonds is 8. The number of fused-ring (bicyclic) bond motifs is 2. The zero-order valence-corrected chi connectivity index (χ0v) is 20.8. The molecule has 2 nitrogen and oxygen atoms in total. The predicted octanol–water partition coefficient (Wildman–Crippen LogP) is 8.37. The molecule has 0 aromatic heterocycles. The van der Waals surface area contributed by atoms with Crippen molar-refractivity contribution >= 4 is 11.6 Å². The average Bonchev–Trinajstić information content (AvgIpc) is 2.88. The quantitative estimate of drug-likeness (QED) is 0.274. The number of hydrogen-bond acceptors (Lipinski definition) is 2. The predicted molar refractivity (Wildman–Crippen MR) is 145 cm³/mol. The van der Waals surface area contributed by atoms with E-state index >= 15 is 0 Å². The van der Waals surface area contributed by atoms with Crippen LogP contribution < -0.4 is 10.1 Å². The third-order valence-electron chi connectivity index (χ3n) is 7.12. The summed E-state index contributed by atoms with van der Waals surface area (Å²) in [5.74, 6) is 1.78. The Bertz CT molecular complexity index is 1280. The maximum Gasteiger partial charge on any atom is 0.131 e. The van der Waals surface area contributed by atoms with E-state index in [2.05, 4.69) is 91.6 Å². The second kappa shape index (κ2) is 10.0. The minimum Gasteiger partial charge on any atom is -0.457 e. The average molecular weight is 480 g/mol. The van der Waals surface area contributed by atoms with Crippen molar-refractivity contribution in [3.8, 4) is 11.5 Å². The Kier molecular flexibility index (Phi) is 6.66. The Balaban J connectivity index is 1.54. The van der Waals surface area contributed by atoms with Crippen LogP contribution in [-0.4, -0.2) is 0 Å². The van der Waals surface area contributed by atoms with E-state index in [1.807, 2.05) is 24.3 Å². The lowest BCUT2D eigenvalue weighted by atomic mass is 9.67. The van der Waals surface area contributed by atoms with Crippen LogP contribution in [0, 0.1) is 6.92 Å². The highest BCUT2D eigenvalue weighted by Gasteiger charge is 2.44. The molecule has 4 aromatic rings. The van der Waals surface area contributed by atoms with Gasteiger partial charge < -0.3 is 10.1 Å². The third-order valence-corrected chi connectivity index (χ3v) is 7.47. The maximum absolute atomic E-state index is 6.56. The van der Waals surface area contributed by atoms with Crippen molar-refractivity contribution in [3.05, 3.63) is 142 Å². The summed E-state index contributed by atoms with van der Waals surface area (Å²) in [6.07, 6.45) is 2.93. The summed E-state index contributed by atoms with van der Waals surface area (Å²) < 4.78 is 6.36. The summed E-state index contributed by atoms with van der Waals surface area (Å²) in [5, 5.41) is 4.46. The lowest BCUT2D eigenvalue weighted by Crippen LogP contribution is -2.39. The Morgan fingerprint density at radius 3 is 2.11 bits per heavy atom. The van der Waals surface area contributed by atoms with Gasteiger partial charge in [0.15, 0.2) is 0 Å². The minimum absolute atomic E-state index is 0.421. The second-order valence-electron chi connectivity index (χ2n) is 9.21. The molecule has 0 bridgehead atoms. The van der Waals surface area contributed by atoms with E-state index in [1.54, 1.807) is 0 Å². The molecule has 3 heteroatoms. The number of ether oxygens (including phenoxy) is 1. The van der Waals surface area contributed by atoms with Gasteiger partial charge in [0.1, 0.15) is 11.5 Å². The number of aryl methyl sites for hydroxylation is 2. The zero-order valence-electron chi connectivity index (χ0n) is 20.1. The van der Waals surface area contributed by atoms with Gasteiger partial charge in [0, 0.05) is 28.4 Å². The highest BCUT2D eigenvalue weighted by Crippen LogP contribution is 2.53. The molecule has 35 heavy (non-hydrogen) atoms. The van der Waals surface area contributed by atoms with E-state index < -0.39 is 5.41 Å². The topological polar surface area (TPSA) is 21.3 Å². The molecule has 0 saturated carbocycles. The molecule has 1 heterocycles. The van der Waals surface area contributed by atoms with Gasteiger partial charge in [0.25, 0.3) is 0 Å². The summed E-state index contributed by atoms with van der Waals surface area (Å²) in [4.78, 5) is 0. The molecule has 0 aliphatic carbocycles. The van der Waals surface area contributed by atoms with Gasteiger partial charge in [-0.15, -0.1) is 0 Å². The largest absolute Gasteiger partial charge is 0.457 e. The van der Waals surface area contributed by atoms with Gasteiger partial charge in [-0.1, -0.05) is 97.0 Å². The van der Waals surface area contributed by atoms with Crippen molar-refractivity contribution in [2.75, 3.05) is 0 Å². The van der Waals surface area contributed by atoms with Crippen LogP contribution in [0.15, 0.2) is 109 Å². The fourth-order valence-electron chi connectivity index (χ4n) is 5.26. The molecule has 0 fully saturated rings. The van der Waals surface area contributed by atoms with Crippen LogP contribution in [0.1, 0.15) is 40.7 Å². The molecule has 1 N–H and O–H groups in total. The van der Waals surface area contributed by atoms with Crippen LogP contribution in [0.4, 0.5) is 0 Å². The fourth-order valence-corrected chi connectivity index (χ4v) is 5.55. The number of halogens is 1. The van der Waals surface area contributed by atoms with Crippen molar-refractivity contribution in [2.45, 2.75) is 38.1 Å². The van der Waals surface area contributed by atoms with E-state index in [0.29, 0.717) is 6.54 Å². The van der Waals surface area contributed by atoms with Crippen LogP contribution >= 0.6 is 11.6 Å². The molecule has 0 radical (unpaired) electrons. The molecule has 5 rings (SSSR count).